The van der Waals surface area contributed by atoms with Crippen LogP contribution in [0.3, 0.4) is 0 Å². The summed E-state index contributed by atoms with van der Waals surface area (Å²) in [6.07, 6.45) is 3.53. The van der Waals surface area contributed by atoms with E-state index in [2.05, 4.69) is 46.6 Å². The van der Waals surface area contributed by atoms with E-state index in [1.807, 2.05) is 30.6 Å². The largest absolute Gasteiger partial charge is 0.353 e. The molecule has 5 nitrogen and oxygen atoms in total. The lowest BCUT2D eigenvalue weighted by Gasteiger charge is -2.07. The number of aryl methyl sites for hydroxylation is 1. The van der Waals surface area contributed by atoms with E-state index in [0.717, 1.165) is 21.8 Å². The van der Waals surface area contributed by atoms with E-state index in [4.69, 9.17) is 0 Å². The molecule has 0 atom stereocenters. The van der Waals surface area contributed by atoms with Gasteiger partial charge in [-0.15, -0.1) is 0 Å². The van der Waals surface area contributed by atoms with Crippen LogP contribution in [-0.4, -0.2) is 32.3 Å². The lowest BCUT2D eigenvalue weighted by Crippen LogP contribution is -2.31. The molecule has 0 spiro atoms. The van der Waals surface area contributed by atoms with Crippen molar-refractivity contribution in [1.82, 2.24) is 19.9 Å². The number of rotatable bonds is 5. The van der Waals surface area contributed by atoms with Gasteiger partial charge in [0.1, 0.15) is 5.03 Å². The summed E-state index contributed by atoms with van der Waals surface area (Å²) in [6.45, 7) is 5.97. The fraction of sp³-hybridized carbons (Fsp3) is 0.278. The Labute approximate surface area is 145 Å². The second-order valence-corrected chi connectivity index (χ2v) is 6.93. The summed E-state index contributed by atoms with van der Waals surface area (Å²) in [6, 6.07) is 10.4. The Hall–Kier alpha value is -2.34. The fourth-order valence-electron chi connectivity index (χ4n) is 2.37. The van der Waals surface area contributed by atoms with E-state index in [1.54, 1.807) is 6.20 Å². The average molecular weight is 340 g/mol. The Balaban J connectivity index is 1.85. The Morgan fingerprint density at radius 1 is 1.29 bits per heavy atom. The third-order valence-electron chi connectivity index (χ3n) is 3.49. The molecule has 3 rings (SSSR count). The topological polar surface area (TPSA) is 59.3 Å². The van der Waals surface area contributed by atoms with Gasteiger partial charge in [0, 0.05) is 24.0 Å². The number of fused-ring (bicyclic) bond motifs is 1. The number of carbonyl (C=O) groups is 1. The normalized spacial score (nSPS) is 11.2. The number of thioether (sulfide) groups is 1. The van der Waals surface area contributed by atoms with Crippen LogP contribution in [0.1, 0.15) is 19.4 Å². The number of hydrogen-bond acceptors (Lipinski definition) is 4. The molecule has 2 aromatic heterocycles. The Bertz CT molecular complexity index is 855. The first-order valence-electron chi connectivity index (χ1n) is 7.86. The van der Waals surface area contributed by atoms with Crippen LogP contribution in [0.15, 0.2) is 47.8 Å². The van der Waals surface area contributed by atoms with Gasteiger partial charge in [-0.1, -0.05) is 41.6 Å². The van der Waals surface area contributed by atoms with Crippen LogP contribution >= 0.6 is 11.8 Å². The highest BCUT2D eigenvalue weighted by molar-refractivity contribution is 8.00. The number of amides is 1. The highest BCUT2D eigenvalue weighted by atomic mass is 32.2. The average Bonchev–Trinajstić information content (AvgIpc) is 2.97. The Morgan fingerprint density at radius 3 is 2.75 bits per heavy atom. The molecule has 6 heteroatoms. The van der Waals surface area contributed by atoms with Crippen molar-refractivity contribution >= 4 is 23.2 Å². The highest BCUT2D eigenvalue weighted by Crippen LogP contribution is 2.26. The van der Waals surface area contributed by atoms with Gasteiger partial charge in [0.2, 0.25) is 5.91 Å². The summed E-state index contributed by atoms with van der Waals surface area (Å²) >= 11 is 1.43. The first-order valence-corrected chi connectivity index (χ1v) is 8.85. The van der Waals surface area contributed by atoms with Gasteiger partial charge in [0.15, 0.2) is 0 Å². The molecule has 0 saturated heterocycles. The molecule has 0 aliphatic heterocycles. The number of nitrogens with one attached hydrogen (secondary N) is 1. The molecule has 0 aliphatic rings. The van der Waals surface area contributed by atoms with Crippen LogP contribution in [0, 0.1) is 6.92 Å². The minimum Gasteiger partial charge on any atom is -0.353 e. The molecule has 2 heterocycles. The Kier molecular flexibility index (Phi) is 4.85. The summed E-state index contributed by atoms with van der Waals surface area (Å²) in [5.74, 6) is 0.354. The fourth-order valence-corrected chi connectivity index (χ4v) is 3.16. The van der Waals surface area contributed by atoms with Gasteiger partial charge in [-0.05, 0) is 26.8 Å². The summed E-state index contributed by atoms with van der Waals surface area (Å²) < 4.78 is 1.81. The van der Waals surface area contributed by atoms with E-state index in [1.165, 1.54) is 17.3 Å². The van der Waals surface area contributed by atoms with Crippen molar-refractivity contribution in [3.8, 4) is 11.3 Å². The van der Waals surface area contributed by atoms with Crippen molar-refractivity contribution in [3.05, 3.63) is 48.3 Å². The maximum Gasteiger partial charge on any atom is 0.230 e. The van der Waals surface area contributed by atoms with Crippen molar-refractivity contribution in [1.29, 1.82) is 0 Å². The number of aromatic nitrogens is 3. The Morgan fingerprint density at radius 2 is 2.04 bits per heavy atom. The highest BCUT2D eigenvalue weighted by Gasteiger charge is 2.11. The molecule has 0 aliphatic carbocycles. The molecular weight excluding hydrogens is 320 g/mol. The van der Waals surface area contributed by atoms with Crippen LogP contribution in [-0.2, 0) is 4.79 Å². The van der Waals surface area contributed by atoms with Crippen LogP contribution < -0.4 is 5.32 Å². The minimum atomic E-state index is 0.0112. The van der Waals surface area contributed by atoms with Gasteiger partial charge in [-0.25, -0.2) is 9.50 Å². The third kappa shape index (κ3) is 3.76. The maximum absolute atomic E-state index is 11.8. The molecule has 0 saturated carbocycles. The molecule has 24 heavy (non-hydrogen) atoms. The zero-order valence-corrected chi connectivity index (χ0v) is 14.8. The van der Waals surface area contributed by atoms with Gasteiger partial charge < -0.3 is 5.32 Å². The molecule has 1 aromatic carbocycles. The van der Waals surface area contributed by atoms with E-state index in [-0.39, 0.29) is 11.9 Å². The zero-order valence-electron chi connectivity index (χ0n) is 14.0. The second-order valence-electron chi connectivity index (χ2n) is 5.97. The lowest BCUT2D eigenvalue weighted by atomic mass is 10.1. The van der Waals surface area contributed by atoms with Crippen molar-refractivity contribution in [3.63, 3.8) is 0 Å². The number of hydrogen-bond donors (Lipinski definition) is 1. The lowest BCUT2D eigenvalue weighted by molar-refractivity contribution is -0.119. The van der Waals surface area contributed by atoms with Gasteiger partial charge in [-0.2, -0.15) is 5.10 Å². The summed E-state index contributed by atoms with van der Waals surface area (Å²) in [5.41, 5.74) is 4.10. The van der Waals surface area contributed by atoms with E-state index in [0.29, 0.717) is 5.75 Å². The molecular formula is C18H20N4OS. The van der Waals surface area contributed by atoms with Crippen LogP contribution in [0.4, 0.5) is 0 Å². The number of carbonyl (C=O) groups excluding carboxylic acids is 1. The van der Waals surface area contributed by atoms with E-state index in [9.17, 15) is 4.79 Å². The number of nitrogens with zero attached hydrogens (tertiary/aromatic N) is 3. The van der Waals surface area contributed by atoms with Crippen LogP contribution in [0.2, 0.25) is 0 Å². The minimum absolute atomic E-state index is 0.0112. The van der Waals surface area contributed by atoms with E-state index >= 15 is 0 Å². The van der Waals surface area contributed by atoms with Crippen LogP contribution in [0.25, 0.3) is 16.8 Å². The maximum atomic E-state index is 11.8. The molecule has 1 N–H and O–H groups in total. The second kappa shape index (κ2) is 7.05. The predicted molar refractivity (Wildman–Crippen MR) is 97.2 cm³/mol. The van der Waals surface area contributed by atoms with Crippen LogP contribution in [0.5, 0.6) is 0 Å². The third-order valence-corrected chi connectivity index (χ3v) is 4.49. The van der Waals surface area contributed by atoms with Gasteiger partial charge in [0.25, 0.3) is 0 Å². The molecule has 0 bridgehead atoms. The molecule has 0 unspecified atom stereocenters. The first kappa shape index (κ1) is 16.5. The molecule has 124 valence electrons. The van der Waals surface area contributed by atoms with Gasteiger partial charge in [-0.3, -0.25) is 4.79 Å². The monoisotopic (exact) mass is 340 g/mol. The number of benzene rings is 1. The van der Waals surface area contributed by atoms with Gasteiger partial charge >= 0.3 is 0 Å². The van der Waals surface area contributed by atoms with E-state index < -0.39 is 0 Å². The molecule has 1 amide bonds. The first-order chi connectivity index (χ1) is 11.5. The summed E-state index contributed by atoms with van der Waals surface area (Å²) in [5, 5.41) is 8.31. The molecule has 0 fully saturated rings. The molecule has 0 radical (unpaired) electrons. The predicted octanol–water partition coefficient (Wildman–Crippen LogP) is 3.32. The summed E-state index contributed by atoms with van der Waals surface area (Å²) in [7, 11) is 0. The molecule has 3 aromatic rings. The van der Waals surface area contributed by atoms with Gasteiger partial charge in [0.05, 0.1) is 17.0 Å². The zero-order chi connectivity index (χ0) is 17.1. The summed E-state index contributed by atoms with van der Waals surface area (Å²) in [4.78, 5) is 16.2. The van der Waals surface area contributed by atoms with Crippen molar-refractivity contribution in [2.45, 2.75) is 31.8 Å². The van der Waals surface area contributed by atoms with Crippen molar-refractivity contribution in [2.24, 2.45) is 0 Å². The quantitative estimate of drug-likeness (QED) is 0.724. The van der Waals surface area contributed by atoms with Crippen molar-refractivity contribution in [2.75, 3.05) is 5.75 Å². The van der Waals surface area contributed by atoms with Crippen molar-refractivity contribution < 1.29 is 4.79 Å². The SMILES string of the molecule is Cc1ccc(-c2cc3c(SCC(=O)NC(C)C)nccn3n2)cc1. The standard InChI is InChI=1S/C18H20N4OS/c1-12(2)20-17(23)11-24-18-16-10-15(21-22(16)9-8-19-18)14-6-4-13(3)5-7-14/h4-10,12H,11H2,1-3H3,(H,20,23). The smallest absolute Gasteiger partial charge is 0.230 e.